The molecule has 8 heteroatoms. The molecule has 31 heavy (non-hydrogen) atoms. The fourth-order valence-corrected chi connectivity index (χ4v) is 4.42. The van der Waals surface area contributed by atoms with E-state index in [0.717, 1.165) is 15.6 Å². The molecule has 0 bridgehead atoms. The van der Waals surface area contributed by atoms with E-state index in [1.54, 1.807) is 7.11 Å². The molecule has 1 amide bonds. The summed E-state index contributed by atoms with van der Waals surface area (Å²) in [5.74, 6) is 0.761. The maximum absolute atomic E-state index is 12.5. The molecule has 1 heterocycles. The Hall–Kier alpha value is -2.58. The zero-order valence-electron chi connectivity index (χ0n) is 18.7. The number of thioether (sulfide) groups is 1. The first-order valence-electron chi connectivity index (χ1n) is 9.94. The van der Waals surface area contributed by atoms with E-state index in [1.165, 1.54) is 34.2 Å². The third-order valence-electron chi connectivity index (χ3n) is 4.83. The summed E-state index contributed by atoms with van der Waals surface area (Å²) in [5, 5.41) is 15.3. The number of nitrogens with one attached hydrogen (secondary N) is 2. The van der Waals surface area contributed by atoms with Gasteiger partial charge in [0.25, 0.3) is 0 Å². The van der Waals surface area contributed by atoms with Crippen molar-refractivity contribution in [1.82, 2.24) is 10.2 Å². The molecule has 0 aliphatic rings. The van der Waals surface area contributed by atoms with Crippen LogP contribution < -0.4 is 15.4 Å². The standard InChI is InChI=1S/C23H28N4O2S2/c1-14-7-9-17(11-15(14)2)24-21-26-27-22(31-21)30-13-20(28)25-18-12-16(23(3,4)5)8-10-19(18)29-6/h7-12H,13H2,1-6H3,(H,24,26)(H,25,28). The lowest BCUT2D eigenvalue weighted by atomic mass is 9.87. The highest BCUT2D eigenvalue weighted by molar-refractivity contribution is 8.01. The van der Waals surface area contributed by atoms with Gasteiger partial charge in [0.15, 0.2) is 4.34 Å². The molecule has 1 aromatic heterocycles. The van der Waals surface area contributed by atoms with Gasteiger partial charge in [-0.15, -0.1) is 10.2 Å². The van der Waals surface area contributed by atoms with Crippen LogP contribution in [0.15, 0.2) is 40.7 Å². The average molecular weight is 457 g/mol. The highest BCUT2D eigenvalue weighted by atomic mass is 32.2. The Bertz CT molecular complexity index is 1070. The zero-order valence-corrected chi connectivity index (χ0v) is 20.3. The van der Waals surface area contributed by atoms with Gasteiger partial charge in [-0.25, -0.2) is 0 Å². The van der Waals surface area contributed by atoms with Gasteiger partial charge >= 0.3 is 0 Å². The van der Waals surface area contributed by atoms with Crippen LogP contribution in [0.25, 0.3) is 0 Å². The third-order valence-corrected chi connectivity index (χ3v) is 6.80. The van der Waals surface area contributed by atoms with E-state index in [0.29, 0.717) is 16.6 Å². The van der Waals surface area contributed by atoms with Gasteiger partial charge in [-0.2, -0.15) is 0 Å². The predicted octanol–water partition coefficient (Wildman–Crippen LogP) is 5.94. The molecule has 2 aromatic carbocycles. The van der Waals surface area contributed by atoms with Crippen molar-refractivity contribution in [3.8, 4) is 5.75 Å². The van der Waals surface area contributed by atoms with Gasteiger partial charge in [-0.05, 0) is 60.2 Å². The Morgan fingerprint density at radius 1 is 1.10 bits per heavy atom. The molecular formula is C23H28N4O2S2. The van der Waals surface area contributed by atoms with Gasteiger partial charge in [0.05, 0.1) is 18.6 Å². The Kier molecular flexibility index (Phi) is 7.23. The number of hydrogen-bond acceptors (Lipinski definition) is 7. The van der Waals surface area contributed by atoms with Crippen LogP contribution in [-0.2, 0) is 10.2 Å². The molecule has 0 aliphatic heterocycles. The van der Waals surface area contributed by atoms with Gasteiger partial charge in [0.1, 0.15) is 5.75 Å². The SMILES string of the molecule is COc1ccc(C(C)(C)C)cc1NC(=O)CSc1nnc(Nc2ccc(C)c(C)c2)s1. The fraction of sp³-hybridized carbons (Fsp3) is 0.348. The summed E-state index contributed by atoms with van der Waals surface area (Å²) in [6.45, 7) is 10.6. The summed E-state index contributed by atoms with van der Waals surface area (Å²) < 4.78 is 6.14. The molecule has 0 fully saturated rings. The van der Waals surface area contributed by atoms with Crippen molar-refractivity contribution in [2.75, 3.05) is 23.5 Å². The van der Waals surface area contributed by atoms with Crippen LogP contribution in [0.1, 0.15) is 37.5 Å². The lowest BCUT2D eigenvalue weighted by Gasteiger charge is -2.21. The predicted molar refractivity (Wildman–Crippen MR) is 130 cm³/mol. The minimum Gasteiger partial charge on any atom is -0.495 e. The minimum absolute atomic E-state index is 0.0214. The van der Waals surface area contributed by atoms with Gasteiger partial charge in [0.2, 0.25) is 11.0 Å². The summed E-state index contributed by atoms with van der Waals surface area (Å²) in [7, 11) is 1.60. The summed E-state index contributed by atoms with van der Waals surface area (Å²) >= 11 is 2.78. The number of hydrogen-bond donors (Lipinski definition) is 2. The van der Waals surface area contributed by atoms with E-state index in [1.807, 2.05) is 24.3 Å². The van der Waals surface area contributed by atoms with Gasteiger partial charge in [-0.1, -0.05) is 56.0 Å². The number of amides is 1. The smallest absolute Gasteiger partial charge is 0.234 e. The molecule has 164 valence electrons. The van der Waals surface area contributed by atoms with Gasteiger partial charge in [0, 0.05) is 5.69 Å². The number of benzene rings is 2. The molecule has 0 aliphatic carbocycles. The fourth-order valence-electron chi connectivity index (χ4n) is 2.85. The number of anilines is 3. The number of methoxy groups -OCH3 is 1. The normalized spacial score (nSPS) is 11.3. The lowest BCUT2D eigenvalue weighted by molar-refractivity contribution is -0.113. The number of carbonyl (C=O) groups excluding carboxylic acids is 1. The van der Waals surface area contributed by atoms with Crippen molar-refractivity contribution in [3.63, 3.8) is 0 Å². The van der Waals surface area contributed by atoms with Crippen molar-refractivity contribution in [2.45, 2.75) is 44.4 Å². The molecule has 0 atom stereocenters. The van der Waals surface area contributed by atoms with Crippen molar-refractivity contribution in [3.05, 3.63) is 53.1 Å². The summed E-state index contributed by atoms with van der Waals surface area (Å²) in [4.78, 5) is 12.5. The van der Waals surface area contributed by atoms with Gasteiger partial charge in [-0.3, -0.25) is 4.79 Å². The number of ether oxygens (including phenoxy) is 1. The monoisotopic (exact) mass is 456 g/mol. The van der Waals surface area contributed by atoms with Crippen LogP contribution in [0.5, 0.6) is 5.75 Å². The van der Waals surface area contributed by atoms with Crippen molar-refractivity contribution >= 4 is 45.5 Å². The molecule has 0 radical (unpaired) electrons. The molecule has 0 spiro atoms. The highest BCUT2D eigenvalue weighted by Gasteiger charge is 2.17. The van der Waals surface area contributed by atoms with Crippen molar-refractivity contribution in [2.24, 2.45) is 0 Å². The molecule has 3 aromatic rings. The van der Waals surface area contributed by atoms with Crippen LogP contribution in [0.4, 0.5) is 16.5 Å². The molecular weight excluding hydrogens is 428 g/mol. The largest absolute Gasteiger partial charge is 0.495 e. The number of carbonyl (C=O) groups is 1. The van der Waals surface area contributed by atoms with Crippen LogP contribution in [0, 0.1) is 13.8 Å². The lowest BCUT2D eigenvalue weighted by Crippen LogP contribution is -2.16. The second-order valence-electron chi connectivity index (χ2n) is 8.30. The van der Waals surface area contributed by atoms with Crippen LogP contribution >= 0.6 is 23.1 Å². The number of aryl methyl sites for hydroxylation is 2. The first kappa shape index (κ1) is 23.1. The van der Waals surface area contributed by atoms with E-state index in [2.05, 4.69) is 67.6 Å². The zero-order chi connectivity index (χ0) is 22.6. The Morgan fingerprint density at radius 3 is 2.55 bits per heavy atom. The van der Waals surface area contributed by atoms with E-state index in [4.69, 9.17) is 4.74 Å². The van der Waals surface area contributed by atoms with Crippen LogP contribution in [-0.4, -0.2) is 29.0 Å². The molecule has 0 saturated carbocycles. The van der Waals surface area contributed by atoms with Crippen molar-refractivity contribution < 1.29 is 9.53 Å². The highest BCUT2D eigenvalue weighted by Crippen LogP contribution is 2.32. The van der Waals surface area contributed by atoms with Crippen LogP contribution in [0.3, 0.4) is 0 Å². The van der Waals surface area contributed by atoms with Crippen molar-refractivity contribution in [1.29, 1.82) is 0 Å². The number of rotatable bonds is 7. The molecule has 0 unspecified atom stereocenters. The molecule has 3 rings (SSSR count). The van der Waals surface area contributed by atoms with Gasteiger partial charge < -0.3 is 15.4 Å². The van der Waals surface area contributed by atoms with E-state index in [-0.39, 0.29) is 17.1 Å². The Labute approximate surface area is 191 Å². The topological polar surface area (TPSA) is 76.1 Å². The van der Waals surface area contributed by atoms with E-state index >= 15 is 0 Å². The summed E-state index contributed by atoms with van der Waals surface area (Å²) in [6.07, 6.45) is 0. The van der Waals surface area contributed by atoms with E-state index in [9.17, 15) is 4.79 Å². The Morgan fingerprint density at radius 2 is 1.87 bits per heavy atom. The average Bonchev–Trinajstić information content (AvgIpc) is 3.16. The summed E-state index contributed by atoms with van der Waals surface area (Å²) in [6, 6.07) is 12.0. The van der Waals surface area contributed by atoms with Crippen LogP contribution in [0.2, 0.25) is 0 Å². The first-order valence-corrected chi connectivity index (χ1v) is 11.7. The Balaban J connectivity index is 1.60. The number of aromatic nitrogens is 2. The molecule has 0 saturated heterocycles. The third kappa shape index (κ3) is 6.21. The molecule has 2 N–H and O–H groups in total. The quantitative estimate of drug-likeness (QED) is 0.429. The van der Waals surface area contributed by atoms with E-state index < -0.39 is 0 Å². The maximum atomic E-state index is 12.5. The second-order valence-corrected chi connectivity index (χ2v) is 10.5. The number of nitrogens with zero attached hydrogens (tertiary/aromatic N) is 2. The maximum Gasteiger partial charge on any atom is 0.234 e. The second kappa shape index (κ2) is 9.70. The minimum atomic E-state index is -0.117. The summed E-state index contributed by atoms with van der Waals surface area (Å²) in [5.41, 5.74) is 5.21. The molecule has 6 nitrogen and oxygen atoms in total. The first-order chi connectivity index (χ1) is 14.7.